The van der Waals surface area contributed by atoms with Crippen LogP contribution in [0.5, 0.6) is 0 Å². The summed E-state index contributed by atoms with van der Waals surface area (Å²) in [5.41, 5.74) is -0.593. The summed E-state index contributed by atoms with van der Waals surface area (Å²) in [6, 6.07) is 3.32. The van der Waals surface area contributed by atoms with Gasteiger partial charge in [0.15, 0.2) is 0 Å². The molecule has 0 saturated carbocycles. The highest BCUT2D eigenvalue weighted by atomic mass is 16.6. The van der Waals surface area contributed by atoms with Gasteiger partial charge in [-0.2, -0.15) is 0 Å². The summed E-state index contributed by atoms with van der Waals surface area (Å²) in [5, 5.41) is 21.3. The molecule has 1 rings (SSSR count). The van der Waals surface area contributed by atoms with Crippen molar-refractivity contribution in [2.24, 2.45) is 0 Å². The zero-order valence-electron chi connectivity index (χ0n) is 9.08. The predicted octanol–water partition coefficient (Wildman–Crippen LogP) is 2.51. The van der Waals surface area contributed by atoms with Gasteiger partial charge in [0.2, 0.25) is 0 Å². The summed E-state index contributed by atoms with van der Waals surface area (Å²) in [6.45, 7) is 5.56. The SMILES string of the molecule is C=C(OCC)c1ccc([N+](=O)[O-])cc1[N+](=O)[O-]. The van der Waals surface area contributed by atoms with Gasteiger partial charge in [0, 0.05) is 6.07 Å². The van der Waals surface area contributed by atoms with Gasteiger partial charge in [-0.25, -0.2) is 0 Å². The quantitative estimate of drug-likeness (QED) is 0.446. The number of hydrogen-bond acceptors (Lipinski definition) is 5. The molecule has 7 nitrogen and oxygen atoms in total. The van der Waals surface area contributed by atoms with E-state index in [1.54, 1.807) is 6.92 Å². The minimum atomic E-state index is -0.702. The van der Waals surface area contributed by atoms with Crippen molar-refractivity contribution in [1.29, 1.82) is 0 Å². The fourth-order valence-corrected chi connectivity index (χ4v) is 1.27. The van der Waals surface area contributed by atoms with Gasteiger partial charge in [0.25, 0.3) is 11.4 Å². The van der Waals surface area contributed by atoms with E-state index >= 15 is 0 Å². The lowest BCUT2D eigenvalue weighted by molar-refractivity contribution is -0.394. The van der Waals surface area contributed by atoms with E-state index in [0.29, 0.717) is 6.61 Å². The van der Waals surface area contributed by atoms with Crippen molar-refractivity contribution in [3.63, 3.8) is 0 Å². The zero-order chi connectivity index (χ0) is 13.0. The highest BCUT2D eigenvalue weighted by molar-refractivity contribution is 5.69. The first-order valence-electron chi connectivity index (χ1n) is 4.72. The first-order valence-corrected chi connectivity index (χ1v) is 4.72. The maximum absolute atomic E-state index is 10.8. The van der Waals surface area contributed by atoms with E-state index < -0.39 is 15.5 Å². The molecule has 0 atom stereocenters. The standard InChI is InChI=1S/C10H10N2O5/c1-3-17-7(2)9-5-4-8(11(13)14)6-10(9)12(15)16/h4-6H,2-3H2,1H3. The lowest BCUT2D eigenvalue weighted by Crippen LogP contribution is -1.99. The van der Waals surface area contributed by atoms with Crippen molar-refractivity contribution in [3.05, 3.63) is 50.6 Å². The first-order chi connectivity index (χ1) is 7.97. The largest absolute Gasteiger partial charge is 0.494 e. The van der Waals surface area contributed by atoms with Gasteiger partial charge in [-0.3, -0.25) is 20.2 Å². The number of non-ortho nitro benzene ring substituents is 1. The maximum Gasteiger partial charge on any atom is 0.287 e. The van der Waals surface area contributed by atoms with Crippen LogP contribution in [-0.4, -0.2) is 16.5 Å². The van der Waals surface area contributed by atoms with E-state index in [1.807, 2.05) is 0 Å². The monoisotopic (exact) mass is 238 g/mol. The van der Waals surface area contributed by atoms with Gasteiger partial charge < -0.3 is 4.74 Å². The second kappa shape index (κ2) is 5.06. The Morgan fingerprint density at radius 3 is 2.47 bits per heavy atom. The van der Waals surface area contributed by atoms with E-state index in [9.17, 15) is 20.2 Å². The minimum absolute atomic E-state index is 0.120. The summed E-state index contributed by atoms with van der Waals surface area (Å²) in [4.78, 5) is 19.9. The van der Waals surface area contributed by atoms with Crippen molar-refractivity contribution < 1.29 is 14.6 Å². The Hall–Kier alpha value is -2.44. The van der Waals surface area contributed by atoms with Crippen LogP contribution < -0.4 is 0 Å². The molecule has 0 aromatic heterocycles. The molecule has 0 fully saturated rings. The van der Waals surface area contributed by atoms with E-state index in [-0.39, 0.29) is 17.0 Å². The average molecular weight is 238 g/mol. The molecular weight excluding hydrogens is 228 g/mol. The summed E-state index contributed by atoms with van der Waals surface area (Å²) >= 11 is 0. The molecule has 0 aliphatic heterocycles. The van der Waals surface area contributed by atoms with Crippen LogP contribution in [0.3, 0.4) is 0 Å². The molecule has 0 heterocycles. The topological polar surface area (TPSA) is 95.5 Å². The third kappa shape index (κ3) is 2.77. The molecule has 0 N–H and O–H groups in total. The van der Waals surface area contributed by atoms with Crippen molar-refractivity contribution in [2.45, 2.75) is 6.92 Å². The Kier molecular flexibility index (Phi) is 3.76. The molecule has 0 saturated heterocycles. The maximum atomic E-state index is 10.8. The molecule has 0 aliphatic rings. The van der Waals surface area contributed by atoms with Gasteiger partial charge in [-0.05, 0) is 13.0 Å². The van der Waals surface area contributed by atoms with Crippen molar-refractivity contribution in [2.75, 3.05) is 6.61 Å². The van der Waals surface area contributed by atoms with Gasteiger partial charge in [0.1, 0.15) is 5.76 Å². The van der Waals surface area contributed by atoms with Crippen LogP contribution >= 0.6 is 0 Å². The molecular formula is C10H10N2O5. The van der Waals surface area contributed by atoms with Gasteiger partial charge in [-0.1, -0.05) is 6.58 Å². The van der Waals surface area contributed by atoms with E-state index in [0.717, 1.165) is 6.07 Å². The zero-order valence-corrected chi connectivity index (χ0v) is 9.08. The van der Waals surface area contributed by atoms with Crippen LogP contribution in [0.1, 0.15) is 12.5 Å². The van der Waals surface area contributed by atoms with Crippen LogP contribution in [0, 0.1) is 20.2 Å². The Morgan fingerprint density at radius 2 is 2.00 bits per heavy atom. The summed E-state index contributed by atoms with van der Waals surface area (Å²) in [6.07, 6.45) is 0. The Morgan fingerprint density at radius 1 is 1.35 bits per heavy atom. The number of benzene rings is 1. The molecule has 1 aromatic rings. The van der Waals surface area contributed by atoms with Crippen LogP contribution in [0.4, 0.5) is 11.4 Å². The summed E-state index contributed by atoms with van der Waals surface area (Å²) in [5.74, 6) is 0.120. The molecule has 0 bridgehead atoms. The average Bonchev–Trinajstić information content (AvgIpc) is 2.28. The molecule has 0 unspecified atom stereocenters. The summed E-state index contributed by atoms with van der Waals surface area (Å²) in [7, 11) is 0. The number of nitro benzene ring substituents is 2. The van der Waals surface area contributed by atoms with Crippen molar-refractivity contribution in [3.8, 4) is 0 Å². The smallest absolute Gasteiger partial charge is 0.287 e. The fourth-order valence-electron chi connectivity index (χ4n) is 1.27. The second-order valence-electron chi connectivity index (χ2n) is 3.07. The van der Waals surface area contributed by atoms with Gasteiger partial charge >= 0.3 is 0 Å². The van der Waals surface area contributed by atoms with Gasteiger partial charge in [0.05, 0.1) is 28.1 Å². The number of ether oxygens (including phenoxy) is 1. The molecule has 1 aromatic carbocycles. The highest BCUT2D eigenvalue weighted by Crippen LogP contribution is 2.29. The normalized spacial score (nSPS) is 9.71. The number of rotatable bonds is 5. The van der Waals surface area contributed by atoms with Crippen LogP contribution in [-0.2, 0) is 4.74 Å². The molecule has 0 aliphatic carbocycles. The lowest BCUT2D eigenvalue weighted by Gasteiger charge is -2.07. The minimum Gasteiger partial charge on any atom is -0.494 e. The number of hydrogen-bond donors (Lipinski definition) is 0. The third-order valence-electron chi connectivity index (χ3n) is 2.01. The van der Waals surface area contributed by atoms with E-state index in [2.05, 4.69) is 6.58 Å². The molecule has 90 valence electrons. The lowest BCUT2D eigenvalue weighted by atomic mass is 10.1. The van der Waals surface area contributed by atoms with Crippen LogP contribution in [0.15, 0.2) is 24.8 Å². The van der Waals surface area contributed by atoms with E-state index in [4.69, 9.17) is 4.74 Å². The molecule has 0 spiro atoms. The highest BCUT2D eigenvalue weighted by Gasteiger charge is 2.21. The third-order valence-corrected chi connectivity index (χ3v) is 2.01. The Bertz CT molecular complexity index is 484. The fraction of sp³-hybridized carbons (Fsp3) is 0.200. The molecule has 17 heavy (non-hydrogen) atoms. The first kappa shape index (κ1) is 12.6. The van der Waals surface area contributed by atoms with Crippen LogP contribution in [0.25, 0.3) is 5.76 Å². The molecule has 0 radical (unpaired) electrons. The van der Waals surface area contributed by atoms with Crippen molar-refractivity contribution in [1.82, 2.24) is 0 Å². The Balaban J connectivity index is 3.27. The predicted molar refractivity (Wildman–Crippen MR) is 60.4 cm³/mol. The Labute approximate surface area is 96.6 Å². The molecule has 7 heteroatoms. The van der Waals surface area contributed by atoms with Gasteiger partial charge in [-0.15, -0.1) is 0 Å². The van der Waals surface area contributed by atoms with Crippen molar-refractivity contribution >= 4 is 17.1 Å². The molecule has 0 amide bonds. The number of nitro groups is 2. The summed E-state index contributed by atoms with van der Waals surface area (Å²) < 4.78 is 5.05. The van der Waals surface area contributed by atoms with Crippen LogP contribution in [0.2, 0.25) is 0 Å². The second-order valence-corrected chi connectivity index (χ2v) is 3.07. The number of nitrogens with zero attached hydrogens (tertiary/aromatic N) is 2. The van der Waals surface area contributed by atoms with E-state index in [1.165, 1.54) is 12.1 Å².